The maximum atomic E-state index is 6.02. The molecule has 0 saturated carbocycles. The number of hydrogen-bond acceptors (Lipinski definition) is 3. The van der Waals surface area contributed by atoms with E-state index in [9.17, 15) is 0 Å². The molecule has 20 heavy (non-hydrogen) atoms. The molecule has 0 fully saturated rings. The molecule has 0 aliphatic carbocycles. The van der Waals surface area contributed by atoms with Gasteiger partial charge in [-0.3, -0.25) is 4.57 Å². The van der Waals surface area contributed by atoms with Crippen LogP contribution in [0, 0.1) is 0 Å². The maximum Gasteiger partial charge on any atom is 0.215 e. The molecule has 102 valence electrons. The molecule has 0 spiro atoms. The number of para-hydroxylation sites is 1. The van der Waals surface area contributed by atoms with E-state index in [2.05, 4.69) is 25.9 Å². The van der Waals surface area contributed by atoms with E-state index in [0.717, 1.165) is 27.1 Å². The number of pyridine rings is 1. The number of hydrogen-bond donors (Lipinski definition) is 0. The number of fused-ring (bicyclic) bond motifs is 1. The van der Waals surface area contributed by atoms with E-state index in [1.54, 1.807) is 13.2 Å². The molecule has 0 unspecified atom stereocenters. The first kappa shape index (κ1) is 13.4. The minimum Gasteiger partial charge on any atom is -0.481 e. The van der Waals surface area contributed by atoms with E-state index < -0.39 is 0 Å². The fourth-order valence-corrected chi connectivity index (χ4v) is 2.72. The first-order valence-corrected chi connectivity index (χ1v) is 7.30. The molecular weight excluding hydrogens is 342 g/mol. The number of methoxy groups -OCH3 is 1. The van der Waals surface area contributed by atoms with Gasteiger partial charge in [0.15, 0.2) is 5.65 Å². The lowest BCUT2D eigenvalue weighted by atomic mass is 10.3. The Morgan fingerprint density at radius 1 is 1.20 bits per heavy atom. The van der Waals surface area contributed by atoms with Crippen molar-refractivity contribution in [2.45, 2.75) is 5.88 Å². The Morgan fingerprint density at radius 3 is 2.70 bits per heavy atom. The summed E-state index contributed by atoms with van der Waals surface area (Å²) in [6, 6.07) is 11.6. The molecule has 0 aliphatic heterocycles. The van der Waals surface area contributed by atoms with Crippen LogP contribution in [0.2, 0.25) is 0 Å². The van der Waals surface area contributed by atoms with Crippen molar-refractivity contribution in [2.75, 3.05) is 7.11 Å². The summed E-state index contributed by atoms with van der Waals surface area (Å²) < 4.78 is 8.08. The molecule has 6 heteroatoms. The molecule has 0 saturated heterocycles. The van der Waals surface area contributed by atoms with Crippen LogP contribution >= 0.6 is 27.5 Å². The molecule has 0 amide bonds. The highest BCUT2D eigenvalue weighted by Crippen LogP contribution is 2.27. The normalized spacial score (nSPS) is 10.9. The first-order chi connectivity index (χ1) is 9.74. The SMILES string of the molecule is COc1ccc2nc(CCl)n(-c3ccccc3Br)c2n1. The summed E-state index contributed by atoms with van der Waals surface area (Å²) in [5.74, 6) is 1.60. The van der Waals surface area contributed by atoms with E-state index >= 15 is 0 Å². The average Bonchev–Trinajstić information content (AvgIpc) is 2.85. The van der Waals surface area contributed by atoms with Crippen LogP contribution < -0.4 is 4.74 Å². The van der Waals surface area contributed by atoms with Crippen molar-refractivity contribution in [3.8, 4) is 11.6 Å². The summed E-state index contributed by atoms with van der Waals surface area (Å²) in [4.78, 5) is 8.99. The number of rotatable bonds is 3. The van der Waals surface area contributed by atoms with Crippen LogP contribution in [0.1, 0.15) is 5.82 Å². The number of aromatic nitrogens is 3. The second-order valence-electron chi connectivity index (χ2n) is 4.14. The van der Waals surface area contributed by atoms with Crippen molar-refractivity contribution >= 4 is 38.7 Å². The van der Waals surface area contributed by atoms with Crippen LogP contribution in [0.15, 0.2) is 40.9 Å². The summed E-state index contributed by atoms with van der Waals surface area (Å²) in [6.45, 7) is 0. The Hall–Kier alpha value is -1.59. The molecule has 0 N–H and O–H groups in total. The van der Waals surface area contributed by atoms with Gasteiger partial charge in [-0.15, -0.1) is 11.6 Å². The highest BCUT2D eigenvalue weighted by Gasteiger charge is 2.15. The molecule has 1 aromatic carbocycles. The van der Waals surface area contributed by atoms with Gasteiger partial charge >= 0.3 is 0 Å². The lowest BCUT2D eigenvalue weighted by Crippen LogP contribution is -2.01. The maximum absolute atomic E-state index is 6.02. The third-order valence-corrected chi connectivity index (χ3v) is 3.88. The topological polar surface area (TPSA) is 39.9 Å². The van der Waals surface area contributed by atoms with Crippen LogP contribution in [-0.2, 0) is 5.88 Å². The smallest absolute Gasteiger partial charge is 0.215 e. The highest BCUT2D eigenvalue weighted by atomic mass is 79.9. The zero-order valence-electron chi connectivity index (χ0n) is 10.7. The fourth-order valence-electron chi connectivity index (χ4n) is 2.08. The van der Waals surface area contributed by atoms with Gasteiger partial charge in [0.2, 0.25) is 5.88 Å². The van der Waals surface area contributed by atoms with Crippen molar-refractivity contribution in [3.63, 3.8) is 0 Å². The van der Waals surface area contributed by atoms with Crippen molar-refractivity contribution in [1.29, 1.82) is 0 Å². The molecule has 3 aromatic rings. The Morgan fingerprint density at radius 2 is 2.00 bits per heavy atom. The zero-order valence-corrected chi connectivity index (χ0v) is 13.0. The lowest BCUT2D eigenvalue weighted by molar-refractivity contribution is 0.399. The molecule has 3 rings (SSSR count). The third kappa shape index (κ3) is 2.17. The number of halogens is 2. The van der Waals surface area contributed by atoms with Crippen molar-refractivity contribution in [1.82, 2.24) is 14.5 Å². The Labute approximate surface area is 129 Å². The van der Waals surface area contributed by atoms with Gasteiger partial charge in [-0.2, -0.15) is 4.98 Å². The van der Waals surface area contributed by atoms with Crippen LogP contribution in [-0.4, -0.2) is 21.6 Å². The van der Waals surface area contributed by atoms with Crippen molar-refractivity contribution in [3.05, 3.63) is 46.7 Å². The number of alkyl halides is 1. The molecule has 0 bridgehead atoms. The quantitative estimate of drug-likeness (QED) is 0.671. The summed E-state index contributed by atoms with van der Waals surface area (Å²) >= 11 is 9.57. The average molecular weight is 353 g/mol. The summed E-state index contributed by atoms with van der Waals surface area (Å²) in [7, 11) is 1.59. The van der Waals surface area contributed by atoms with Gasteiger partial charge in [-0.25, -0.2) is 4.98 Å². The fraction of sp³-hybridized carbons (Fsp3) is 0.143. The second kappa shape index (κ2) is 5.42. The number of ether oxygens (including phenoxy) is 1. The van der Waals surface area contributed by atoms with E-state index in [1.807, 2.05) is 34.9 Å². The molecule has 2 heterocycles. The van der Waals surface area contributed by atoms with Gasteiger partial charge in [-0.1, -0.05) is 12.1 Å². The van der Waals surface area contributed by atoms with Gasteiger partial charge in [0, 0.05) is 10.5 Å². The van der Waals surface area contributed by atoms with Crippen LogP contribution in [0.25, 0.3) is 16.9 Å². The van der Waals surface area contributed by atoms with E-state index in [0.29, 0.717) is 11.8 Å². The standard InChI is InChI=1S/C14H11BrClN3O/c1-20-13-7-6-10-14(18-13)19(12(8-16)17-10)11-5-3-2-4-9(11)15/h2-7H,8H2,1H3. The number of nitrogens with zero attached hydrogens (tertiary/aromatic N) is 3. The van der Waals surface area contributed by atoms with Gasteiger partial charge in [0.05, 0.1) is 18.7 Å². The Bertz CT molecular complexity index is 772. The molecule has 0 aliphatic rings. The monoisotopic (exact) mass is 351 g/mol. The highest BCUT2D eigenvalue weighted by molar-refractivity contribution is 9.10. The summed E-state index contributed by atoms with van der Waals surface area (Å²) in [5.41, 5.74) is 2.47. The van der Waals surface area contributed by atoms with Gasteiger partial charge in [0.25, 0.3) is 0 Å². The summed E-state index contributed by atoms with van der Waals surface area (Å²) in [6.07, 6.45) is 0. The molecule has 0 radical (unpaired) electrons. The van der Waals surface area contributed by atoms with Crippen LogP contribution in [0.5, 0.6) is 5.88 Å². The first-order valence-electron chi connectivity index (χ1n) is 5.98. The van der Waals surface area contributed by atoms with E-state index in [-0.39, 0.29) is 0 Å². The van der Waals surface area contributed by atoms with Crippen molar-refractivity contribution < 1.29 is 4.74 Å². The molecule has 4 nitrogen and oxygen atoms in total. The van der Waals surface area contributed by atoms with Gasteiger partial charge < -0.3 is 4.74 Å². The molecule has 0 atom stereocenters. The van der Waals surface area contributed by atoms with Gasteiger partial charge in [0.1, 0.15) is 11.3 Å². The predicted octanol–water partition coefficient (Wildman–Crippen LogP) is 3.93. The largest absolute Gasteiger partial charge is 0.481 e. The Balaban J connectivity index is 2.35. The van der Waals surface area contributed by atoms with E-state index in [4.69, 9.17) is 16.3 Å². The summed E-state index contributed by atoms with van der Waals surface area (Å²) in [5, 5.41) is 0. The van der Waals surface area contributed by atoms with Crippen molar-refractivity contribution in [2.24, 2.45) is 0 Å². The molecular formula is C14H11BrClN3O. The third-order valence-electron chi connectivity index (χ3n) is 2.97. The molecule has 2 aromatic heterocycles. The van der Waals surface area contributed by atoms with Gasteiger partial charge in [-0.05, 0) is 34.1 Å². The number of imidazole rings is 1. The van der Waals surface area contributed by atoms with E-state index in [1.165, 1.54) is 0 Å². The minimum absolute atomic E-state index is 0.306. The Kier molecular flexibility index (Phi) is 3.63. The van der Waals surface area contributed by atoms with Crippen LogP contribution in [0.4, 0.5) is 0 Å². The zero-order chi connectivity index (χ0) is 14.1. The predicted molar refractivity (Wildman–Crippen MR) is 82.7 cm³/mol. The number of benzene rings is 1. The van der Waals surface area contributed by atoms with Crippen LogP contribution in [0.3, 0.4) is 0 Å². The second-order valence-corrected chi connectivity index (χ2v) is 5.27. The minimum atomic E-state index is 0.306. The lowest BCUT2D eigenvalue weighted by Gasteiger charge is -2.09.